The molecule has 0 saturated carbocycles. The number of ether oxygens (including phenoxy) is 6. The Bertz CT molecular complexity index is 1260. The largest absolute Gasteiger partial charge is 0.497 e. The van der Waals surface area contributed by atoms with E-state index >= 15 is 0 Å². The number of carbonyl (C=O) groups is 2. The van der Waals surface area contributed by atoms with Gasteiger partial charge in [-0.2, -0.15) is 5.10 Å². The summed E-state index contributed by atoms with van der Waals surface area (Å²) in [4.78, 5) is 30.7. The zero-order valence-corrected chi connectivity index (χ0v) is 25.0. The van der Waals surface area contributed by atoms with E-state index in [1.54, 1.807) is 40.6 Å². The Kier molecular flexibility index (Phi) is 11.0. The van der Waals surface area contributed by atoms with Crippen molar-refractivity contribution < 1.29 is 38.0 Å². The summed E-state index contributed by atoms with van der Waals surface area (Å²) in [6.07, 6.45) is 0.420. The third kappa shape index (κ3) is 7.30. The summed E-state index contributed by atoms with van der Waals surface area (Å²) in [5, 5.41) is 6.26. The molecule has 0 unspecified atom stereocenters. The summed E-state index contributed by atoms with van der Waals surface area (Å²) in [5.74, 6) is 1.77. The highest BCUT2D eigenvalue weighted by Gasteiger charge is 2.36. The van der Waals surface area contributed by atoms with E-state index in [-0.39, 0.29) is 25.0 Å². The van der Waals surface area contributed by atoms with Gasteiger partial charge in [-0.1, -0.05) is 6.07 Å². The molecule has 4 rings (SSSR count). The Morgan fingerprint density at radius 2 is 1.67 bits per heavy atom. The predicted molar refractivity (Wildman–Crippen MR) is 156 cm³/mol. The number of carbonyl (C=O) groups excluding carboxylic acids is 2. The minimum absolute atomic E-state index is 0.118. The second-order valence-electron chi connectivity index (χ2n) is 9.89. The van der Waals surface area contributed by atoms with Gasteiger partial charge in [-0.3, -0.25) is 14.5 Å². The molecular weight excluding hydrogens is 544 g/mol. The van der Waals surface area contributed by atoms with E-state index in [1.165, 1.54) is 17.0 Å². The Morgan fingerprint density at radius 1 is 0.929 bits per heavy atom. The molecule has 2 aromatic carbocycles. The van der Waals surface area contributed by atoms with Crippen LogP contribution in [0, 0.1) is 0 Å². The first-order valence-corrected chi connectivity index (χ1v) is 13.8. The molecule has 0 radical (unpaired) electrons. The van der Waals surface area contributed by atoms with E-state index in [0.717, 1.165) is 24.2 Å². The van der Waals surface area contributed by atoms with Gasteiger partial charge >= 0.3 is 0 Å². The van der Waals surface area contributed by atoms with Crippen molar-refractivity contribution >= 4 is 17.5 Å². The Labute approximate surface area is 246 Å². The lowest BCUT2D eigenvalue weighted by atomic mass is 9.97. The molecule has 0 aromatic heterocycles. The highest BCUT2D eigenvalue weighted by molar-refractivity contribution is 6.05. The molecular formula is C30H40N4O8. The molecule has 12 heteroatoms. The molecule has 1 fully saturated rings. The van der Waals surface area contributed by atoms with Crippen LogP contribution in [0.4, 0.5) is 0 Å². The molecule has 1 atom stereocenters. The van der Waals surface area contributed by atoms with E-state index in [4.69, 9.17) is 33.5 Å². The molecule has 0 N–H and O–H groups in total. The second-order valence-corrected chi connectivity index (χ2v) is 9.89. The Morgan fingerprint density at radius 3 is 2.33 bits per heavy atom. The normalized spacial score (nSPS) is 17.0. The Hall–Kier alpha value is -3.87. The number of morpholine rings is 1. The molecule has 0 aliphatic carbocycles. The summed E-state index contributed by atoms with van der Waals surface area (Å²) >= 11 is 0. The lowest BCUT2D eigenvalue weighted by Gasteiger charge is -2.31. The number of nitrogens with zero attached hydrogens (tertiary/aromatic N) is 4. The van der Waals surface area contributed by atoms with Crippen molar-refractivity contribution in [2.24, 2.45) is 5.10 Å². The van der Waals surface area contributed by atoms with E-state index in [0.29, 0.717) is 61.4 Å². The molecule has 2 aromatic rings. The van der Waals surface area contributed by atoms with Crippen LogP contribution in [0.25, 0.3) is 0 Å². The van der Waals surface area contributed by atoms with Crippen molar-refractivity contribution in [3.05, 3.63) is 47.5 Å². The van der Waals surface area contributed by atoms with Crippen molar-refractivity contribution in [3.8, 4) is 23.0 Å². The van der Waals surface area contributed by atoms with Gasteiger partial charge in [-0.05, 0) is 29.8 Å². The molecule has 42 heavy (non-hydrogen) atoms. The number of hydrogen-bond donors (Lipinski definition) is 0. The minimum atomic E-state index is -0.447. The fourth-order valence-electron chi connectivity index (χ4n) is 5.09. The summed E-state index contributed by atoms with van der Waals surface area (Å²) < 4.78 is 32.5. The molecule has 12 nitrogen and oxygen atoms in total. The molecule has 2 aliphatic heterocycles. The fourth-order valence-corrected chi connectivity index (χ4v) is 5.09. The molecule has 2 aliphatic rings. The molecule has 0 bridgehead atoms. The number of rotatable bonds is 13. The van der Waals surface area contributed by atoms with Crippen molar-refractivity contribution in [2.45, 2.75) is 12.5 Å². The monoisotopic (exact) mass is 584 g/mol. The standard InChI is InChI=1S/C30H40N4O8/c1-37-20-30(36)33(11-10-32-12-14-42-15-13-32)19-29(35)34-25(21-6-9-26(39-3)28(16-21)41-5)18-24(31-34)23-8-7-22(38-2)17-27(23)40-4/h6-9,16-17,25H,10-15,18-20H2,1-5H3/t25-/m1/s1. The van der Waals surface area contributed by atoms with Gasteiger partial charge in [-0.15, -0.1) is 0 Å². The Balaban J connectivity index is 1.65. The molecule has 2 heterocycles. The van der Waals surface area contributed by atoms with Crippen LogP contribution < -0.4 is 18.9 Å². The third-order valence-corrected chi connectivity index (χ3v) is 7.41. The quantitative estimate of drug-likeness (QED) is 0.350. The van der Waals surface area contributed by atoms with Gasteiger partial charge < -0.3 is 33.3 Å². The maximum atomic E-state index is 14.0. The maximum Gasteiger partial charge on any atom is 0.262 e. The van der Waals surface area contributed by atoms with Crippen LogP contribution in [0.3, 0.4) is 0 Å². The van der Waals surface area contributed by atoms with Crippen molar-refractivity contribution in [1.82, 2.24) is 14.8 Å². The molecule has 2 amide bonds. The molecule has 1 saturated heterocycles. The van der Waals surface area contributed by atoms with Crippen molar-refractivity contribution in [2.75, 3.05) is 88.1 Å². The van der Waals surface area contributed by atoms with Gasteiger partial charge in [0.15, 0.2) is 11.5 Å². The number of hydrazone groups is 1. The minimum Gasteiger partial charge on any atom is -0.497 e. The van der Waals surface area contributed by atoms with E-state index < -0.39 is 6.04 Å². The predicted octanol–water partition coefficient (Wildman–Crippen LogP) is 2.21. The zero-order chi connectivity index (χ0) is 30.1. The van der Waals surface area contributed by atoms with Gasteiger partial charge in [0, 0.05) is 51.3 Å². The van der Waals surface area contributed by atoms with Crippen LogP contribution in [0.1, 0.15) is 23.6 Å². The van der Waals surface area contributed by atoms with Crippen molar-refractivity contribution in [1.29, 1.82) is 0 Å². The topological polar surface area (TPSA) is 112 Å². The van der Waals surface area contributed by atoms with Gasteiger partial charge in [0.1, 0.15) is 24.7 Å². The molecule has 0 spiro atoms. The average Bonchev–Trinajstić information content (AvgIpc) is 3.48. The number of methoxy groups -OCH3 is 5. The summed E-state index contributed by atoms with van der Waals surface area (Å²) in [5.41, 5.74) is 2.24. The third-order valence-electron chi connectivity index (χ3n) is 7.41. The highest BCUT2D eigenvalue weighted by Crippen LogP contribution is 2.39. The van der Waals surface area contributed by atoms with Crippen LogP contribution in [-0.4, -0.2) is 120 Å². The number of hydrogen-bond acceptors (Lipinski definition) is 10. The number of benzene rings is 2. The van der Waals surface area contributed by atoms with Gasteiger partial charge in [0.2, 0.25) is 5.91 Å². The van der Waals surface area contributed by atoms with E-state index in [1.807, 2.05) is 24.3 Å². The first-order chi connectivity index (χ1) is 20.4. The van der Waals surface area contributed by atoms with Gasteiger partial charge in [-0.25, -0.2) is 5.01 Å². The van der Waals surface area contributed by atoms with Gasteiger partial charge in [0.25, 0.3) is 5.91 Å². The summed E-state index contributed by atoms with van der Waals surface area (Å²) in [6, 6.07) is 10.6. The SMILES string of the molecule is COCC(=O)N(CCN1CCOCC1)CC(=O)N1N=C(c2ccc(OC)cc2OC)C[C@@H]1c1ccc(OC)c(OC)c1. The lowest BCUT2D eigenvalue weighted by Crippen LogP contribution is -2.47. The maximum absolute atomic E-state index is 14.0. The van der Waals surface area contributed by atoms with Crippen molar-refractivity contribution in [3.63, 3.8) is 0 Å². The molecule has 228 valence electrons. The van der Waals surface area contributed by atoms with E-state index in [2.05, 4.69) is 4.90 Å². The first kappa shape index (κ1) is 31.1. The van der Waals surface area contributed by atoms with Crippen LogP contribution in [0.2, 0.25) is 0 Å². The number of amides is 2. The van der Waals surface area contributed by atoms with Crippen LogP contribution in [-0.2, 0) is 19.1 Å². The lowest BCUT2D eigenvalue weighted by molar-refractivity contribution is -0.143. The second kappa shape index (κ2) is 14.9. The fraction of sp³-hybridized carbons (Fsp3) is 0.500. The van der Waals surface area contributed by atoms with Crippen LogP contribution >= 0.6 is 0 Å². The van der Waals surface area contributed by atoms with E-state index in [9.17, 15) is 9.59 Å². The average molecular weight is 585 g/mol. The zero-order valence-electron chi connectivity index (χ0n) is 25.0. The summed E-state index contributed by atoms with van der Waals surface area (Å²) in [6.45, 7) is 3.61. The highest BCUT2D eigenvalue weighted by atomic mass is 16.5. The van der Waals surface area contributed by atoms with Crippen LogP contribution in [0.5, 0.6) is 23.0 Å². The summed E-state index contributed by atoms with van der Waals surface area (Å²) in [7, 11) is 7.77. The van der Waals surface area contributed by atoms with Gasteiger partial charge in [0.05, 0.1) is 53.4 Å². The smallest absolute Gasteiger partial charge is 0.262 e. The first-order valence-electron chi connectivity index (χ1n) is 13.8. The van der Waals surface area contributed by atoms with Crippen LogP contribution in [0.15, 0.2) is 41.5 Å².